The van der Waals surface area contributed by atoms with E-state index in [2.05, 4.69) is 22.9 Å². The second-order valence-electron chi connectivity index (χ2n) is 3.94. The fourth-order valence-corrected chi connectivity index (χ4v) is 1.85. The number of nitrogens with zero attached hydrogens (tertiary/aromatic N) is 2. The Morgan fingerprint density at radius 2 is 2.50 bits per heavy atom. The minimum Gasteiger partial charge on any atom is -0.392 e. The van der Waals surface area contributed by atoms with Gasteiger partial charge >= 0.3 is 0 Å². The van der Waals surface area contributed by atoms with Gasteiger partial charge in [0.15, 0.2) is 0 Å². The van der Waals surface area contributed by atoms with Crippen LogP contribution in [-0.2, 0) is 6.54 Å². The minimum atomic E-state index is -0.140. The lowest BCUT2D eigenvalue weighted by Crippen LogP contribution is -2.22. The molecular weight excluding hydrogens is 176 g/mol. The maximum Gasteiger partial charge on any atom is 0.0679 e. The van der Waals surface area contributed by atoms with Crippen molar-refractivity contribution in [3.8, 4) is 0 Å². The van der Waals surface area contributed by atoms with Gasteiger partial charge in [-0.15, -0.1) is 0 Å². The molecule has 2 heterocycles. The molecule has 0 amide bonds. The van der Waals surface area contributed by atoms with Crippen molar-refractivity contribution in [2.24, 2.45) is 0 Å². The molecule has 1 unspecified atom stereocenters. The highest BCUT2D eigenvalue weighted by Crippen LogP contribution is 2.13. The Morgan fingerprint density at radius 3 is 3.14 bits per heavy atom. The van der Waals surface area contributed by atoms with Gasteiger partial charge in [-0.3, -0.25) is 9.88 Å². The zero-order chi connectivity index (χ0) is 9.97. The molecule has 3 nitrogen and oxygen atoms in total. The first-order valence-electron chi connectivity index (χ1n) is 5.06. The SMILES string of the molecule is Cc1cccnc1CN1CCC(O)C1. The number of aryl methyl sites for hydroxylation is 1. The summed E-state index contributed by atoms with van der Waals surface area (Å²) in [7, 11) is 0. The number of β-amino-alcohol motifs (C(OH)–C–C–N with tert-alkyl or cyclic N) is 1. The standard InChI is InChI=1S/C11H16N2O/c1-9-3-2-5-12-11(9)8-13-6-4-10(14)7-13/h2-3,5,10,14H,4,6-8H2,1H3. The Kier molecular flexibility index (Phi) is 2.79. The largest absolute Gasteiger partial charge is 0.392 e. The Bertz CT molecular complexity index is 314. The molecule has 3 heteroatoms. The van der Waals surface area contributed by atoms with E-state index in [9.17, 15) is 5.11 Å². The number of rotatable bonds is 2. The van der Waals surface area contributed by atoms with Gasteiger partial charge in [0.1, 0.15) is 0 Å². The van der Waals surface area contributed by atoms with Gasteiger partial charge in [0.05, 0.1) is 11.8 Å². The van der Waals surface area contributed by atoms with E-state index in [1.807, 2.05) is 12.3 Å². The lowest BCUT2D eigenvalue weighted by molar-refractivity contribution is 0.174. The number of pyridine rings is 1. The van der Waals surface area contributed by atoms with Gasteiger partial charge in [-0.2, -0.15) is 0 Å². The second-order valence-corrected chi connectivity index (χ2v) is 3.94. The molecule has 1 saturated heterocycles. The van der Waals surface area contributed by atoms with Crippen molar-refractivity contribution in [3.05, 3.63) is 29.6 Å². The fourth-order valence-electron chi connectivity index (χ4n) is 1.85. The molecule has 1 fully saturated rings. The van der Waals surface area contributed by atoms with Crippen LogP contribution in [0.25, 0.3) is 0 Å². The van der Waals surface area contributed by atoms with Gasteiger partial charge in [-0.1, -0.05) is 6.07 Å². The van der Waals surface area contributed by atoms with Crippen molar-refractivity contribution in [3.63, 3.8) is 0 Å². The molecule has 14 heavy (non-hydrogen) atoms. The zero-order valence-corrected chi connectivity index (χ0v) is 8.48. The first-order valence-corrected chi connectivity index (χ1v) is 5.06. The van der Waals surface area contributed by atoms with Crippen molar-refractivity contribution < 1.29 is 5.11 Å². The van der Waals surface area contributed by atoms with Crippen LogP contribution in [0.2, 0.25) is 0 Å². The molecule has 0 radical (unpaired) electrons. The summed E-state index contributed by atoms with van der Waals surface area (Å²) in [6.07, 6.45) is 2.58. The number of aliphatic hydroxyl groups is 1. The molecule has 1 atom stereocenters. The molecule has 2 rings (SSSR count). The van der Waals surface area contributed by atoms with Crippen LogP contribution in [0.1, 0.15) is 17.7 Å². The van der Waals surface area contributed by atoms with Gasteiger partial charge in [0.25, 0.3) is 0 Å². The van der Waals surface area contributed by atoms with E-state index in [1.54, 1.807) is 0 Å². The summed E-state index contributed by atoms with van der Waals surface area (Å²) < 4.78 is 0. The summed E-state index contributed by atoms with van der Waals surface area (Å²) in [5, 5.41) is 9.38. The Labute approximate surface area is 84.4 Å². The molecule has 1 aromatic rings. The van der Waals surface area contributed by atoms with E-state index in [0.29, 0.717) is 0 Å². The summed E-state index contributed by atoms with van der Waals surface area (Å²) in [5.74, 6) is 0. The van der Waals surface area contributed by atoms with Crippen molar-refractivity contribution in [2.75, 3.05) is 13.1 Å². The van der Waals surface area contributed by atoms with E-state index < -0.39 is 0 Å². The predicted molar refractivity (Wildman–Crippen MR) is 54.9 cm³/mol. The van der Waals surface area contributed by atoms with Crippen LogP contribution in [0.4, 0.5) is 0 Å². The lowest BCUT2D eigenvalue weighted by atomic mass is 10.2. The number of hydrogen-bond acceptors (Lipinski definition) is 3. The molecule has 0 bridgehead atoms. The molecule has 0 aromatic carbocycles. The minimum absolute atomic E-state index is 0.140. The molecule has 1 N–H and O–H groups in total. The van der Waals surface area contributed by atoms with Crippen LogP contribution in [0.5, 0.6) is 0 Å². The third kappa shape index (κ3) is 2.11. The summed E-state index contributed by atoms with van der Waals surface area (Å²) in [6, 6.07) is 4.03. The van der Waals surface area contributed by atoms with Crippen LogP contribution in [0.3, 0.4) is 0 Å². The maximum absolute atomic E-state index is 9.38. The molecule has 0 saturated carbocycles. The van der Waals surface area contributed by atoms with Crippen LogP contribution >= 0.6 is 0 Å². The van der Waals surface area contributed by atoms with Gasteiger partial charge < -0.3 is 5.11 Å². The maximum atomic E-state index is 9.38. The Hall–Kier alpha value is -0.930. The van der Waals surface area contributed by atoms with Gasteiger partial charge in [0, 0.05) is 25.8 Å². The van der Waals surface area contributed by atoms with Crippen LogP contribution in [0, 0.1) is 6.92 Å². The highest BCUT2D eigenvalue weighted by Gasteiger charge is 2.20. The number of aliphatic hydroxyl groups excluding tert-OH is 1. The van der Waals surface area contributed by atoms with Gasteiger partial charge in [-0.05, 0) is 25.0 Å². The highest BCUT2D eigenvalue weighted by atomic mass is 16.3. The summed E-state index contributed by atoms with van der Waals surface area (Å²) in [5.41, 5.74) is 2.36. The van der Waals surface area contributed by atoms with Crippen LogP contribution in [-0.4, -0.2) is 34.2 Å². The topological polar surface area (TPSA) is 36.4 Å². The van der Waals surface area contributed by atoms with E-state index in [-0.39, 0.29) is 6.10 Å². The summed E-state index contributed by atoms with van der Waals surface area (Å²) >= 11 is 0. The van der Waals surface area contributed by atoms with Crippen molar-refractivity contribution in [1.29, 1.82) is 0 Å². The molecule has 1 aromatic heterocycles. The van der Waals surface area contributed by atoms with Crippen LogP contribution < -0.4 is 0 Å². The molecular formula is C11H16N2O. The van der Waals surface area contributed by atoms with Crippen LogP contribution in [0.15, 0.2) is 18.3 Å². The number of hydrogen-bond donors (Lipinski definition) is 1. The lowest BCUT2D eigenvalue weighted by Gasteiger charge is -2.15. The second kappa shape index (κ2) is 4.07. The van der Waals surface area contributed by atoms with Gasteiger partial charge in [-0.25, -0.2) is 0 Å². The predicted octanol–water partition coefficient (Wildman–Crippen LogP) is 0.957. The van der Waals surface area contributed by atoms with E-state index in [1.165, 1.54) is 5.56 Å². The number of likely N-dealkylation sites (tertiary alicyclic amines) is 1. The average Bonchev–Trinajstić information content (AvgIpc) is 2.56. The van der Waals surface area contributed by atoms with Crippen molar-refractivity contribution in [2.45, 2.75) is 26.0 Å². The number of aromatic nitrogens is 1. The monoisotopic (exact) mass is 192 g/mol. The van der Waals surface area contributed by atoms with Crippen molar-refractivity contribution in [1.82, 2.24) is 9.88 Å². The zero-order valence-electron chi connectivity index (χ0n) is 8.48. The van der Waals surface area contributed by atoms with E-state index >= 15 is 0 Å². The van der Waals surface area contributed by atoms with Gasteiger partial charge in [0.2, 0.25) is 0 Å². The summed E-state index contributed by atoms with van der Waals surface area (Å²) in [6.45, 7) is 4.71. The average molecular weight is 192 g/mol. The summed E-state index contributed by atoms with van der Waals surface area (Å²) in [4.78, 5) is 6.59. The van der Waals surface area contributed by atoms with E-state index in [0.717, 1.165) is 31.7 Å². The molecule has 0 aliphatic carbocycles. The highest BCUT2D eigenvalue weighted by molar-refractivity contribution is 5.17. The molecule has 1 aliphatic heterocycles. The first kappa shape index (κ1) is 9.62. The van der Waals surface area contributed by atoms with Crippen molar-refractivity contribution >= 4 is 0 Å². The Morgan fingerprint density at radius 1 is 1.64 bits per heavy atom. The molecule has 0 spiro atoms. The molecule has 76 valence electrons. The normalized spacial score (nSPS) is 22.9. The third-order valence-electron chi connectivity index (χ3n) is 2.74. The Balaban J connectivity index is 2.01. The first-order chi connectivity index (χ1) is 6.75. The fraction of sp³-hybridized carbons (Fsp3) is 0.545. The smallest absolute Gasteiger partial charge is 0.0679 e. The third-order valence-corrected chi connectivity index (χ3v) is 2.74. The molecule has 1 aliphatic rings. The quantitative estimate of drug-likeness (QED) is 0.758. The van der Waals surface area contributed by atoms with E-state index in [4.69, 9.17) is 0 Å².